The Morgan fingerprint density at radius 1 is 1.11 bits per heavy atom. The second kappa shape index (κ2) is 5.81. The van der Waals surface area contributed by atoms with Crippen LogP contribution in [0.3, 0.4) is 0 Å². The van der Waals surface area contributed by atoms with Gasteiger partial charge in [-0.1, -0.05) is 36.4 Å². The molecule has 0 aliphatic carbocycles. The lowest BCUT2D eigenvalue weighted by Crippen LogP contribution is -2.40. The summed E-state index contributed by atoms with van der Waals surface area (Å²) < 4.78 is 0. The number of nitrogens with one attached hydrogen (secondary N) is 1. The van der Waals surface area contributed by atoms with Crippen LogP contribution in [0.4, 0.5) is 5.69 Å². The fourth-order valence-electron chi connectivity index (χ4n) is 4.22. The zero-order valence-corrected chi connectivity index (χ0v) is 14.5. The second-order valence-corrected chi connectivity index (χ2v) is 6.99. The van der Waals surface area contributed by atoms with Crippen LogP contribution >= 0.6 is 0 Å². The molecule has 1 N–H and O–H groups in total. The minimum atomic E-state index is -0.424. The van der Waals surface area contributed by atoms with Crippen molar-refractivity contribution >= 4 is 28.2 Å². The molecule has 0 saturated carbocycles. The Balaban J connectivity index is 1.52. The van der Waals surface area contributed by atoms with Gasteiger partial charge in [-0.15, -0.1) is 0 Å². The maximum Gasteiger partial charge on any atom is 0.269 e. The highest BCUT2D eigenvalue weighted by molar-refractivity contribution is 5.98. The summed E-state index contributed by atoms with van der Waals surface area (Å²) in [6, 6.07) is 14.5. The van der Waals surface area contributed by atoms with E-state index < -0.39 is 4.92 Å². The van der Waals surface area contributed by atoms with Crippen LogP contribution in [0.15, 0.2) is 54.6 Å². The predicted molar refractivity (Wildman–Crippen MR) is 102 cm³/mol. The average Bonchev–Trinajstić information content (AvgIpc) is 3.07. The first-order chi connectivity index (χ1) is 13.1. The third kappa shape index (κ3) is 2.37. The zero-order chi connectivity index (χ0) is 18.5. The van der Waals surface area contributed by atoms with E-state index in [1.54, 1.807) is 12.1 Å². The number of allylic oxidation sites excluding steroid dienone is 1. The minimum absolute atomic E-state index is 0.0407. The molecule has 2 aromatic carbocycles. The number of fused-ring (bicyclic) bond motifs is 5. The van der Waals surface area contributed by atoms with Gasteiger partial charge in [-0.25, -0.2) is 0 Å². The average molecular weight is 359 g/mol. The third-order valence-electron chi connectivity index (χ3n) is 5.56. The molecule has 1 unspecified atom stereocenters. The third-order valence-corrected chi connectivity index (χ3v) is 5.56. The Morgan fingerprint density at radius 3 is 2.67 bits per heavy atom. The van der Waals surface area contributed by atoms with Gasteiger partial charge >= 0.3 is 0 Å². The van der Waals surface area contributed by atoms with E-state index in [9.17, 15) is 14.9 Å². The zero-order valence-electron chi connectivity index (χ0n) is 14.5. The number of aromatic amines is 1. The van der Waals surface area contributed by atoms with Gasteiger partial charge < -0.3 is 9.88 Å². The Labute approximate surface area is 155 Å². The molecule has 0 bridgehead atoms. The molecular weight excluding hydrogens is 342 g/mol. The van der Waals surface area contributed by atoms with Gasteiger partial charge in [-0.05, 0) is 30.0 Å². The number of aromatic nitrogens is 1. The van der Waals surface area contributed by atoms with Crippen molar-refractivity contribution in [2.24, 2.45) is 0 Å². The number of benzene rings is 2. The molecule has 0 radical (unpaired) electrons. The molecule has 6 nitrogen and oxygen atoms in total. The van der Waals surface area contributed by atoms with Crippen LogP contribution in [0, 0.1) is 10.1 Å². The van der Waals surface area contributed by atoms with Crippen molar-refractivity contribution in [1.82, 2.24) is 9.88 Å². The first-order valence-corrected chi connectivity index (χ1v) is 8.99. The molecule has 6 heteroatoms. The van der Waals surface area contributed by atoms with E-state index in [2.05, 4.69) is 23.2 Å². The Hall–Kier alpha value is -3.41. The normalized spacial score (nSPS) is 18.8. The second-order valence-electron chi connectivity index (χ2n) is 6.99. The fourth-order valence-corrected chi connectivity index (χ4v) is 4.22. The van der Waals surface area contributed by atoms with Crippen molar-refractivity contribution < 1.29 is 9.72 Å². The van der Waals surface area contributed by atoms with Crippen molar-refractivity contribution in [1.29, 1.82) is 0 Å². The molecule has 0 fully saturated rings. The van der Waals surface area contributed by atoms with E-state index in [0.717, 1.165) is 28.9 Å². The smallest absolute Gasteiger partial charge is 0.269 e. The molecule has 5 rings (SSSR count). The van der Waals surface area contributed by atoms with Crippen molar-refractivity contribution in [3.63, 3.8) is 0 Å². The highest BCUT2D eigenvalue weighted by Gasteiger charge is 2.36. The minimum Gasteiger partial charge on any atom is -0.353 e. The largest absolute Gasteiger partial charge is 0.353 e. The monoisotopic (exact) mass is 359 g/mol. The molecule has 0 spiro atoms. The number of nitro benzene ring substituents is 1. The number of amides is 1. The quantitative estimate of drug-likeness (QED) is 0.555. The lowest BCUT2D eigenvalue weighted by Gasteiger charge is -2.36. The number of carbonyl (C=O) groups is 1. The highest BCUT2D eigenvalue weighted by atomic mass is 16.6. The van der Waals surface area contributed by atoms with E-state index in [-0.39, 0.29) is 17.5 Å². The van der Waals surface area contributed by atoms with Crippen LogP contribution in [0.1, 0.15) is 29.2 Å². The van der Waals surface area contributed by atoms with E-state index in [1.807, 2.05) is 17.0 Å². The maximum atomic E-state index is 13.1. The number of nitro groups is 1. The van der Waals surface area contributed by atoms with Crippen molar-refractivity contribution in [2.45, 2.75) is 18.8 Å². The van der Waals surface area contributed by atoms with E-state index in [4.69, 9.17) is 0 Å². The summed E-state index contributed by atoms with van der Waals surface area (Å²) in [5.74, 6) is -0.230. The van der Waals surface area contributed by atoms with E-state index in [1.165, 1.54) is 23.1 Å². The van der Waals surface area contributed by atoms with Crippen molar-refractivity contribution in [2.75, 3.05) is 6.54 Å². The van der Waals surface area contributed by atoms with Crippen LogP contribution < -0.4 is 0 Å². The number of H-pyrrole nitrogens is 1. The van der Waals surface area contributed by atoms with E-state index >= 15 is 0 Å². The van der Waals surface area contributed by atoms with Gasteiger partial charge in [0.1, 0.15) is 0 Å². The van der Waals surface area contributed by atoms with Gasteiger partial charge in [-0.3, -0.25) is 14.9 Å². The Morgan fingerprint density at radius 2 is 1.89 bits per heavy atom. The number of nitrogens with zero attached hydrogens (tertiary/aromatic N) is 2. The van der Waals surface area contributed by atoms with Gasteiger partial charge in [0.2, 0.25) is 5.91 Å². The van der Waals surface area contributed by atoms with E-state index in [0.29, 0.717) is 13.0 Å². The number of hydrogen-bond acceptors (Lipinski definition) is 3. The van der Waals surface area contributed by atoms with Crippen LogP contribution in [-0.4, -0.2) is 27.3 Å². The van der Waals surface area contributed by atoms with Gasteiger partial charge in [0.05, 0.1) is 22.2 Å². The molecule has 3 heterocycles. The van der Waals surface area contributed by atoms with Crippen LogP contribution in [-0.2, 0) is 11.2 Å². The summed E-state index contributed by atoms with van der Waals surface area (Å²) in [4.78, 5) is 28.9. The predicted octanol–water partition coefficient (Wildman–Crippen LogP) is 3.99. The van der Waals surface area contributed by atoms with Crippen LogP contribution in [0.5, 0.6) is 0 Å². The summed E-state index contributed by atoms with van der Waals surface area (Å²) in [5, 5.41) is 12.1. The molecule has 0 saturated heterocycles. The Kier molecular flexibility index (Phi) is 3.40. The molecule has 2 aliphatic heterocycles. The molecular formula is C21H17N3O3. The molecule has 2 aliphatic rings. The van der Waals surface area contributed by atoms with Crippen molar-refractivity contribution in [3.8, 4) is 0 Å². The van der Waals surface area contributed by atoms with Gasteiger partial charge in [0, 0.05) is 29.6 Å². The lowest BCUT2D eigenvalue weighted by molar-refractivity contribution is -0.384. The molecule has 27 heavy (non-hydrogen) atoms. The Bertz CT molecular complexity index is 1110. The summed E-state index contributed by atoms with van der Waals surface area (Å²) in [6.45, 7) is 0.656. The summed E-state index contributed by atoms with van der Waals surface area (Å²) in [6.07, 6.45) is 3.52. The number of carbonyl (C=O) groups excluding carboxylic acids is 1. The number of non-ortho nitro benzene ring substituents is 1. The lowest BCUT2D eigenvalue weighted by atomic mass is 9.87. The SMILES string of the molecule is O=C1C(c2ccc([N+](=O)[O-])cc2)CC=C2c3[nH]c4ccccc4c3CCN12. The number of rotatable bonds is 2. The first-order valence-electron chi connectivity index (χ1n) is 8.99. The van der Waals surface area contributed by atoms with Gasteiger partial charge in [0.25, 0.3) is 5.69 Å². The van der Waals surface area contributed by atoms with Crippen molar-refractivity contribution in [3.05, 3.63) is 81.5 Å². The van der Waals surface area contributed by atoms with Gasteiger partial charge in [0.15, 0.2) is 0 Å². The molecule has 1 aromatic heterocycles. The molecule has 1 atom stereocenters. The van der Waals surface area contributed by atoms with Gasteiger partial charge in [-0.2, -0.15) is 0 Å². The highest BCUT2D eigenvalue weighted by Crippen LogP contribution is 2.40. The van der Waals surface area contributed by atoms with Crippen LogP contribution in [0.2, 0.25) is 0 Å². The summed E-state index contributed by atoms with van der Waals surface area (Å²) in [7, 11) is 0. The summed E-state index contributed by atoms with van der Waals surface area (Å²) in [5.41, 5.74) is 5.22. The number of hydrogen-bond donors (Lipinski definition) is 1. The molecule has 1 amide bonds. The first kappa shape index (κ1) is 15.8. The number of para-hydroxylation sites is 1. The fraction of sp³-hybridized carbons (Fsp3) is 0.190. The topological polar surface area (TPSA) is 79.2 Å². The van der Waals surface area contributed by atoms with Crippen LogP contribution in [0.25, 0.3) is 16.6 Å². The molecule has 134 valence electrons. The summed E-state index contributed by atoms with van der Waals surface area (Å²) >= 11 is 0. The molecule has 3 aromatic rings. The standard InChI is InChI=1S/C21H17N3O3/c25-21-15(13-5-7-14(8-6-13)24(26)27)9-10-19-20-17(11-12-23(19)21)16-3-1-2-4-18(16)22-20/h1-8,10,15,22H,9,11-12H2. The maximum absolute atomic E-state index is 13.1.